The van der Waals surface area contributed by atoms with Gasteiger partial charge in [-0.25, -0.2) is 15.0 Å². The summed E-state index contributed by atoms with van der Waals surface area (Å²) in [6, 6.07) is 10.2. The van der Waals surface area contributed by atoms with Gasteiger partial charge in [-0.15, -0.1) is 11.6 Å². The van der Waals surface area contributed by atoms with Crippen LogP contribution in [0.1, 0.15) is 31.1 Å². The number of benzene rings is 1. The summed E-state index contributed by atoms with van der Waals surface area (Å²) in [5.74, 6) is 0.686. The number of aliphatic hydroxyl groups is 2. The zero-order chi connectivity index (χ0) is 22.1. The molecule has 3 aromatic rings. The number of nitrogens with zero attached hydrogens (tertiary/aromatic N) is 4. The van der Waals surface area contributed by atoms with Crippen LogP contribution in [0.25, 0.3) is 11.2 Å². The highest BCUT2D eigenvalue weighted by molar-refractivity contribution is 6.18. The predicted molar refractivity (Wildman–Crippen MR) is 118 cm³/mol. The van der Waals surface area contributed by atoms with Crippen LogP contribution in [0.5, 0.6) is 0 Å². The van der Waals surface area contributed by atoms with Gasteiger partial charge in [-0.05, 0) is 24.8 Å². The summed E-state index contributed by atoms with van der Waals surface area (Å²) in [6.45, 7) is 0.568. The van der Waals surface area contributed by atoms with Crippen LogP contribution in [0, 0.1) is 0 Å². The average molecular weight is 460 g/mol. The van der Waals surface area contributed by atoms with E-state index in [1.165, 1.54) is 6.33 Å². The molecular formula is C22H26ClN5O4. The van der Waals surface area contributed by atoms with Crippen LogP contribution in [-0.4, -0.2) is 66.1 Å². The average Bonchev–Trinajstić information content (AvgIpc) is 3.52. The molecule has 9 nitrogen and oxygen atoms in total. The minimum absolute atomic E-state index is 0.0712. The third-order valence-electron chi connectivity index (χ3n) is 6.20. The number of ether oxygens (including phenoxy) is 2. The number of alkyl halides is 1. The summed E-state index contributed by atoms with van der Waals surface area (Å²) in [5.41, 5.74) is 2.23. The molecule has 1 saturated carbocycles. The predicted octanol–water partition coefficient (Wildman–Crippen LogP) is 2.23. The van der Waals surface area contributed by atoms with Crippen molar-refractivity contribution in [3.05, 3.63) is 48.5 Å². The number of aliphatic hydroxyl groups excluding tert-OH is 2. The van der Waals surface area contributed by atoms with Crippen LogP contribution in [-0.2, 0) is 16.1 Å². The monoisotopic (exact) mass is 459 g/mol. The van der Waals surface area contributed by atoms with Crippen LogP contribution < -0.4 is 5.32 Å². The van der Waals surface area contributed by atoms with Gasteiger partial charge in [-0.3, -0.25) is 4.57 Å². The molecule has 1 aliphatic heterocycles. The zero-order valence-electron chi connectivity index (χ0n) is 17.4. The van der Waals surface area contributed by atoms with Gasteiger partial charge in [0.25, 0.3) is 0 Å². The van der Waals surface area contributed by atoms with Gasteiger partial charge in [0.05, 0.1) is 31.0 Å². The lowest BCUT2D eigenvalue weighted by Crippen LogP contribution is -2.32. The quantitative estimate of drug-likeness (QED) is 0.461. The molecule has 1 aromatic carbocycles. The molecule has 170 valence electrons. The van der Waals surface area contributed by atoms with Crippen molar-refractivity contribution < 1.29 is 19.7 Å². The molecule has 2 aromatic heterocycles. The Morgan fingerprint density at radius 2 is 1.97 bits per heavy atom. The first kappa shape index (κ1) is 21.5. The molecule has 1 saturated heterocycles. The first-order chi connectivity index (χ1) is 15.7. The van der Waals surface area contributed by atoms with Gasteiger partial charge >= 0.3 is 0 Å². The highest BCUT2D eigenvalue weighted by atomic mass is 35.5. The summed E-state index contributed by atoms with van der Waals surface area (Å²) in [6.07, 6.45) is 2.40. The first-order valence-corrected chi connectivity index (χ1v) is 11.4. The maximum Gasteiger partial charge on any atom is 0.167 e. The van der Waals surface area contributed by atoms with E-state index in [1.54, 1.807) is 10.9 Å². The van der Waals surface area contributed by atoms with Crippen LogP contribution in [0.15, 0.2) is 43.0 Å². The Bertz CT molecular complexity index is 1050. The van der Waals surface area contributed by atoms with Crippen molar-refractivity contribution in [2.24, 2.45) is 0 Å². The highest BCUT2D eigenvalue weighted by Gasteiger charge is 2.44. The largest absolute Gasteiger partial charge is 0.387 e. The van der Waals surface area contributed by atoms with Gasteiger partial charge in [0, 0.05) is 0 Å². The lowest BCUT2D eigenvalue weighted by Gasteiger charge is -2.22. The minimum Gasteiger partial charge on any atom is -0.387 e. The number of aromatic nitrogens is 4. The van der Waals surface area contributed by atoms with E-state index >= 15 is 0 Å². The Kier molecular flexibility index (Phi) is 6.25. The standard InChI is InChI=1S/C22H26ClN5O4/c23-9-16-18(29)19(30)22(32-16)28-12-26-17-20(24-11-25-21(17)28)27-14-7-4-8-15(14)31-10-13-5-2-1-3-6-13/h1-3,5-6,11-12,14-16,18-19,22,29-30H,4,7-10H2,(H,24,25,27)/t14-,15+,16+,18+,19+,22?/m0/s1. The molecule has 0 bridgehead atoms. The van der Waals surface area contributed by atoms with E-state index in [-0.39, 0.29) is 18.0 Å². The Labute approximate surface area is 190 Å². The second-order valence-electron chi connectivity index (χ2n) is 8.26. The molecule has 2 fully saturated rings. The zero-order valence-corrected chi connectivity index (χ0v) is 18.2. The fourth-order valence-corrected chi connectivity index (χ4v) is 4.73. The molecule has 0 spiro atoms. The van der Waals surface area contributed by atoms with Crippen LogP contribution in [0.3, 0.4) is 0 Å². The van der Waals surface area contributed by atoms with Crippen LogP contribution in [0.4, 0.5) is 5.82 Å². The van der Waals surface area contributed by atoms with Crippen LogP contribution >= 0.6 is 11.6 Å². The number of hydrogen-bond donors (Lipinski definition) is 3. The highest BCUT2D eigenvalue weighted by Crippen LogP contribution is 2.33. The van der Waals surface area contributed by atoms with Gasteiger partial charge in [0.15, 0.2) is 23.2 Å². The topological polar surface area (TPSA) is 115 Å². The Balaban J connectivity index is 1.33. The smallest absolute Gasteiger partial charge is 0.167 e. The molecular weight excluding hydrogens is 434 g/mol. The first-order valence-electron chi connectivity index (χ1n) is 10.8. The summed E-state index contributed by atoms with van der Waals surface area (Å²) in [5, 5.41) is 24.1. The fraction of sp³-hybridized carbons (Fsp3) is 0.500. The Morgan fingerprint density at radius 3 is 2.75 bits per heavy atom. The SMILES string of the molecule is O[C@@H]1[C@@H](CCl)OC(n2cnc3c(N[C@H]4CCC[C@H]4OCc4ccccc4)ncnc32)[C@@H]1O. The number of halogens is 1. The molecule has 32 heavy (non-hydrogen) atoms. The number of imidazole rings is 1. The maximum atomic E-state index is 10.4. The number of nitrogens with one attached hydrogen (secondary N) is 1. The summed E-state index contributed by atoms with van der Waals surface area (Å²) < 4.78 is 13.6. The van der Waals surface area contributed by atoms with E-state index < -0.39 is 24.5 Å². The van der Waals surface area contributed by atoms with E-state index in [1.807, 2.05) is 18.2 Å². The fourth-order valence-electron chi connectivity index (χ4n) is 4.47. The lowest BCUT2D eigenvalue weighted by atomic mass is 10.1. The van der Waals surface area contributed by atoms with Gasteiger partial charge in [0.2, 0.25) is 0 Å². The van der Waals surface area contributed by atoms with Crippen molar-refractivity contribution in [2.45, 2.75) is 62.6 Å². The van der Waals surface area contributed by atoms with E-state index in [9.17, 15) is 10.2 Å². The molecule has 2 aliphatic rings. The van der Waals surface area contributed by atoms with Crippen molar-refractivity contribution in [2.75, 3.05) is 11.2 Å². The molecule has 10 heteroatoms. The number of anilines is 1. The molecule has 6 atom stereocenters. The summed E-state index contributed by atoms with van der Waals surface area (Å²) in [7, 11) is 0. The van der Waals surface area contributed by atoms with Crippen molar-refractivity contribution in [3.63, 3.8) is 0 Å². The van der Waals surface area contributed by atoms with E-state index in [0.29, 0.717) is 23.6 Å². The minimum atomic E-state index is -1.13. The molecule has 1 aliphatic carbocycles. The molecule has 5 rings (SSSR count). The molecule has 3 N–H and O–H groups in total. The molecule has 0 amide bonds. The number of hydrogen-bond acceptors (Lipinski definition) is 8. The van der Waals surface area contributed by atoms with Crippen molar-refractivity contribution in [1.29, 1.82) is 0 Å². The summed E-state index contributed by atoms with van der Waals surface area (Å²) >= 11 is 5.84. The van der Waals surface area contributed by atoms with E-state index in [0.717, 1.165) is 24.8 Å². The van der Waals surface area contributed by atoms with Gasteiger partial charge in [-0.2, -0.15) is 0 Å². The lowest BCUT2D eigenvalue weighted by molar-refractivity contribution is -0.0291. The maximum absolute atomic E-state index is 10.4. The molecule has 0 radical (unpaired) electrons. The van der Waals surface area contributed by atoms with E-state index in [4.69, 9.17) is 21.1 Å². The normalized spacial score (nSPS) is 30.2. The van der Waals surface area contributed by atoms with Gasteiger partial charge < -0.3 is 25.0 Å². The Morgan fingerprint density at radius 1 is 1.12 bits per heavy atom. The van der Waals surface area contributed by atoms with Gasteiger partial charge in [0.1, 0.15) is 24.6 Å². The second-order valence-corrected chi connectivity index (χ2v) is 8.57. The van der Waals surface area contributed by atoms with Crippen molar-refractivity contribution >= 4 is 28.6 Å². The second kappa shape index (κ2) is 9.29. The summed E-state index contributed by atoms with van der Waals surface area (Å²) in [4.78, 5) is 13.2. The number of fused-ring (bicyclic) bond motifs is 1. The van der Waals surface area contributed by atoms with Crippen LogP contribution in [0.2, 0.25) is 0 Å². The third-order valence-corrected chi connectivity index (χ3v) is 6.51. The third kappa shape index (κ3) is 4.06. The number of rotatable bonds is 7. The Hall–Kier alpha value is -2.30. The molecule has 1 unspecified atom stereocenters. The van der Waals surface area contributed by atoms with Crippen molar-refractivity contribution in [1.82, 2.24) is 19.5 Å². The molecule has 3 heterocycles. The van der Waals surface area contributed by atoms with Gasteiger partial charge in [-0.1, -0.05) is 30.3 Å². The van der Waals surface area contributed by atoms with Crippen molar-refractivity contribution in [3.8, 4) is 0 Å². The van der Waals surface area contributed by atoms with E-state index in [2.05, 4.69) is 32.4 Å².